The molecule has 3 rings (SSSR count). The van der Waals surface area contributed by atoms with Gasteiger partial charge in [0.2, 0.25) is 5.91 Å². The van der Waals surface area contributed by atoms with E-state index >= 15 is 0 Å². The number of hydrogen-bond donors (Lipinski definition) is 2. The van der Waals surface area contributed by atoms with Crippen LogP contribution in [0.1, 0.15) is 44.9 Å². The lowest BCUT2D eigenvalue weighted by molar-refractivity contribution is -0.119. The van der Waals surface area contributed by atoms with E-state index in [2.05, 4.69) is 33.2 Å². The molecule has 3 amide bonds. The first-order valence-corrected chi connectivity index (χ1v) is 9.85. The summed E-state index contributed by atoms with van der Waals surface area (Å²) >= 11 is 2.22. The van der Waals surface area contributed by atoms with Gasteiger partial charge < -0.3 is 15.5 Å². The number of halogens is 1. The van der Waals surface area contributed by atoms with E-state index in [0.29, 0.717) is 6.54 Å². The Morgan fingerprint density at radius 3 is 2.62 bits per heavy atom. The van der Waals surface area contributed by atoms with Crippen LogP contribution >= 0.6 is 22.6 Å². The SMILES string of the molecule is O=C(Nc1cccc(I)c1)[C@H]1CCCN1C(=O)NC1CCCCC1. The number of hydrogen-bond acceptors (Lipinski definition) is 2. The predicted octanol–water partition coefficient (Wildman–Crippen LogP) is 3.74. The second kappa shape index (κ2) is 8.18. The third kappa shape index (κ3) is 4.40. The van der Waals surface area contributed by atoms with E-state index in [1.165, 1.54) is 19.3 Å². The Balaban J connectivity index is 1.59. The summed E-state index contributed by atoms with van der Waals surface area (Å²) in [5.41, 5.74) is 0.784. The minimum Gasteiger partial charge on any atom is -0.335 e. The van der Waals surface area contributed by atoms with Gasteiger partial charge in [-0.15, -0.1) is 0 Å². The number of nitrogens with zero attached hydrogens (tertiary/aromatic N) is 1. The Morgan fingerprint density at radius 2 is 1.88 bits per heavy atom. The van der Waals surface area contributed by atoms with Crippen LogP contribution in [0.5, 0.6) is 0 Å². The molecular weight excluding hydrogens is 417 g/mol. The summed E-state index contributed by atoms with van der Waals surface area (Å²) < 4.78 is 1.07. The van der Waals surface area contributed by atoms with Crippen molar-refractivity contribution in [2.75, 3.05) is 11.9 Å². The summed E-state index contributed by atoms with van der Waals surface area (Å²) in [5.74, 6) is -0.0895. The number of urea groups is 1. The third-order valence-corrected chi connectivity index (χ3v) is 5.51. The number of carbonyl (C=O) groups excluding carboxylic acids is 2. The van der Waals surface area contributed by atoms with Gasteiger partial charge in [0.1, 0.15) is 6.04 Å². The fourth-order valence-electron chi connectivity index (χ4n) is 3.58. The molecule has 0 spiro atoms. The van der Waals surface area contributed by atoms with Gasteiger partial charge in [-0.05, 0) is 66.5 Å². The van der Waals surface area contributed by atoms with Gasteiger partial charge in [-0.3, -0.25) is 4.79 Å². The van der Waals surface area contributed by atoms with Crippen LogP contribution in [0.4, 0.5) is 10.5 Å². The van der Waals surface area contributed by atoms with Crippen molar-refractivity contribution in [3.63, 3.8) is 0 Å². The van der Waals surface area contributed by atoms with Gasteiger partial charge in [0.25, 0.3) is 0 Å². The van der Waals surface area contributed by atoms with Gasteiger partial charge >= 0.3 is 6.03 Å². The summed E-state index contributed by atoms with van der Waals surface area (Å²) in [5, 5.41) is 6.07. The van der Waals surface area contributed by atoms with E-state index in [0.717, 1.165) is 34.9 Å². The summed E-state index contributed by atoms with van der Waals surface area (Å²) in [6.45, 7) is 0.656. The molecule has 6 heteroatoms. The molecule has 2 aliphatic rings. The van der Waals surface area contributed by atoms with Crippen LogP contribution in [0.3, 0.4) is 0 Å². The monoisotopic (exact) mass is 441 g/mol. The molecular formula is C18H24IN3O2. The lowest BCUT2D eigenvalue weighted by Crippen LogP contribution is -2.50. The zero-order valence-electron chi connectivity index (χ0n) is 13.8. The second-order valence-corrected chi connectivity index (χ2v) is 7.88. The molecule has 1 aliphatic carbocycles. The van der Waals surface area contributed by atoms with Gasteiger partial charge in [-0.2, -0.15) is 0 Å². The predicted molar refractivity (Wildman–Crippen MR) is 103 cm³/mol. The summed E-state index contributed by atoms with van der Waals surface area (Å²) in [6, 6.07) is 7.52. The highest BCUT2D eigenvalue weighted by Crippen LogP contribution is 2.22. The maximum atomic E-state index is 12.6. The molecule has 24 heavy (non-hydrogen) atoms. The number of benzene rings is 1. The zero-order valence-corrected chi connectivity index (χ0v) is 15.9. The Labute approximate surface area is 156 Å². The highest BCUT2D eigenvalue weighted by Gasteiger charge is 2.35. The maximum Gasteiger partial charge on any atom is 0.318 e. The van der Waals surface area contributed by atoms with Gasteiger partial charge in [-0.1, -0.05) is 25.3 Å². The molecule has 1 saturated heterocycles. The van der Waals surface area contributed by atoms with Gasteiger partial charge in [0.15, 0.2) is 0 Å². The molecule has 0 radical (unpaired) electrons. The number of nitrogens with one attached hydrogen (secondary N) is 2. The zero-order chi connectivity index (χ0) is 16.9. The van der Waals surface area contributed by atoms with Gasteiger partial charge in [0.05, 0.1) is 0 Å². The lowest BCUT2D eigenvalue weighted by atomic mass is 9.96. The van der Waals surface area contributed by atoms with Crippen LogP contribution in [0.25, 0.3) is 0 Å². The van der Waals surface area contributed by atoms with Crippen molar-refractivity contribution in [1.29, 1.82) is 0 Å². The standard InChI is InChI=1S/C18H24IN3O2/c19-13-6-4-9-15(12-13)20-17(23)16-10-5-11-22(16)18(24)21-14-7-2-1-3-8-14/h4,6,9,12,14,16H,1-3,5,7-8,10-11H2,(H,20,23)(H,21,24)/t16-/m1/s1. The van der Waals surface area contributed by atoms with Crippen LogP contribution in [-0.2, 0) is 4.79 Å². The second-order valence-electron chi connectivity index (χ2n) is 6.64. The molecule has 2 fully saturated rings. The van der Waals surface area contributed by atoms with E-state index in [4.69, 9.17) is 0 Å². The van der Waals surface area contributed by atoms with Crippen molar-refractivity contribution in [3.05, 3.63) is 27.8 Å². The number of anilines is 1. The molecule has 1 atom stereocenters. The number of amides is 3. The Bertz CT molecular complexity index is 602. The molecule has 1 aromatic rings. The number of likely N-dealkylation sites (tertiary alicyclic amines) is 1. The summed E-state index contributed by atoms with van der Waals surface area (Å²) in [7, 11) is 0. The average molecular weight is 441 g/mol. The molecule has 0 unspecified atom stereocenters. The van der Waals surface area contributed by atoms with Crippen LogP contribution in [0, 0.1) is 3.57 Å². The quantitative estimate of drug-likeness (QED) is 0.703. The van der Waals surface area contributed by atoms with Crippen LogP contribution in [0.2, 0.25) is 0 Å². The van der Waals surface area contributed by atoms with E-state index in [9.17, 15) is 9.59 Å². The Morgan fingerprint density at radius 1 is 1.08 bits per heavy atom. The van der Waals surface area contributed by atoms with E-state index in [1.54, 1.807) is 4.90 Å². The minimum atomic E-state index is -0.369. The van der Waals surface area contributed by atoms with Crippen molar-refractivity contribution in [2.45, 2.75) is 57.0 Å². The molecule has 130 valence electrons. The molecule has 1 aliphatic heterocycles. The largest absolute Gasteiger partial charge is 0.335 e. The first kappa shape index (κ1) is 17.5. The van der Waals surface area contributed by atoms with E-state index in [-0.39, 0.29) is 24.0 Å². The Hall–Kier alpha value is -1.31. The smallest absolute Gasteiger partial charge is 0.318 e. The summed E-state index contributed by atoms with van der Waals surface area (Å²) in [6.07, 6.45) is 7.34. The molecule has 1 saturated carbocycles. The fraction of sp³-hybridized carbons (Fsp3) is 0.556. The molecule has 0 bridgehead atoms. The number of rotatable bonds is 3. The minimum absolute atomic E-state index is 0.0813. The van der Waals surface area contributed by atoms with Crippen molar-refractivity contribution in [1.82, 2.24) is 10.2 Å². The third-order valence-electron chi connectivity index (χ3n) is 4.84. The molecule has 1 heterocycles. The van der Waals surface area contributed by atoms with E-state index in [1.807, 2.05) is 24.3 Å². The summed E-state index contributed by atoms with van der Waals surface area (Å²) in [4.78, 5) is 26.9. The molecule has 2 N–H and O–H groups in total. The average Bonchev–Trinajstić information content (AvgIpc) is 3.06. The normalized spacial score (nSPS) is 21.5. The first-order valence-electron chi connectivity index (χ1n) is 8.77. The number of carbonyl (C=O) groups is 2. The van der Waals surface area contributed by atoms with Crippen LogP contribution in [-0.4, -0.2) is 35.5 Å². The fourth-order valence-corrected chi connectivity index (χ4v) is 4.12. The topological polar surface area (TPSA) is 61.4 Å². The highest BCUT2D eigenvalue weighted by molar-refractivity contribution is 14.1. The Kier molecular flexibility index (Phi) is 5.97. The van der Waals surface area contributed by atoms with Crippen LogP contribution in [0.15, 0.2) is 24.3 Å². The van der Waals surface area contributed by atoms with Crippen LogP contribution < -0.4 is 10.6 Å². The molecule has 5 nitrogen and oxygen atoms in total. The van der Waals surface area contributed by atoms with Crippen molar-refractivity contribution < 1.29 is 9.59 Å². The molecule has 1 aromatic carbocycles. The lowest BCUT2D eigenvalue weighted by Gasteiger charge is -2.29. The first-order chi connectivity index (χ1) is 11.6. The van der Waals surface area contributed by atoms with Crippen molar-refractivity contribution in [3.8, 4) is 0 Å². The van der Waals surface area contributed by atoms with E-state index < -0.39 is 0 Å². The van der Waals surface area contributed by atoms with Crippen molar-refractivity contribution in [2.24, 2.45) is 0 Å². The molecule has 0 aromatic heterocycles. The van der Waals surface area contributed by atoms with Gasteiger partial charge in [-0.25, -0.2) is 4.79 Å². The van der Waals surface area contributed by atoms with Gasteiger partial charge in [0, 0.05) is 21.8 Å². The van der Waals surface area contributed by atoms with Crippen molar-refractivity contribution >= 4 is 40.2 Å². The highest BCUT2D eigenvalue weighted by atomic mass is 127. The maximum absolute atomic E-state index is 12.6.